The number of furan rings is 1. The van der Waals surface area contributed by atoms with E-state index < -0.39 is 0 Å². The molecule has 7 heteroatoms. The van der Waals surface area contributed by atoms with Crippen LogP contribution in [0.2, 0.25) is 5.02 Å². The molecule has 0 fully saturated rings. The fraction of sp³-hybridized carbons (Fsp3) is 0.300. The molecule has 0 atom stereocenters. The van der Waals surface area contributed by atoms with E-state index in [0.29, 0.717) is 31.0 Å². The maximum atomic E-state index is 12.3. The zero-order valence-corrected chi connectivity index (χ0v) is 16.8. The van der Waals surface area contributed by atoms with Crippen LogP contribution in [0.5, 0.6) is 0 Å². The number of aromatic nitrogens is 1. The number of nitrogens with zero attached hydrogens (tertiary/aromatic N) is 2. The number of rotatable bonds is 7. The second kappa shape index (κ2) is 8.59. The Kier molecular flexibility index (Phi) is 6.19. The van der Waals surface area contributed by atoms with Crippen molar-refractivity contribution in [3.05, 3.63) is 67.9 Å². The molecule has 142 valence electrons. The van der Waals surface area contributed by atoms with Crippen LogP contribution in [0.4, 0.5) is 0 Å². The highest BCUT2D eigenvalue weighted by molar-refractivity contribution is 7.07. The van der Waals surface area contributed by atoms with E-state index in [0.717, 1.165) is 22.8 Å². The van der Waals surface area contributed by atoms with Crippen molar-refractivity contribution in [3.8, 4) is 11.3 Å². The third-order valence-electron chi connectivity index (χ3n) is 4.36. The van der Waals surface area contributed by atoms with Crippen LogP contribution in [0.15, 0.2) is 51.0 Å². The highest BCUT2D eigenvalue weighted by atomic mass is 35.5. The topological polar surface area (TPSA) is 55.5 Å². The molecule has 0 saturated carbocycles. The first-order valence-electron chi connectivity index (χ1n) is 8.67. The highest BCUT2D eigenvalue weighted by Gasteiger charge is 2.13. The van der Waals surface area contributed by atoms with E-state index in [1.165, 1.54) is 11.3 Å². The van der Waals surface area contributed by atoms with Gasteiger partial charge in [-0.15, -0.1) is 0 Å². The quantitative estimate of drug-likeness (QED) is 0.579. The monoisotopic (exact) mass is 404 g/mol. The molecule has 27 heavy (non-hydrogen) atoms. The smallest absolute Gasteiger partial charge is 0.307 e. The fourth-order valence-corrected chi connectivity index (χ4v) is 3.70. The Morgan fingerprint density at radius 2 is 1.96 bits per heavy atom. The Labute approximate surface area is 166 Å². The molecule has 0 spiro atoms. The lowest BCUT2D eigenvalue weighted by atomic mass is 10.2. The summed E-state index contributed by atoms with van der Waals surface area (Å²) in [6.45, 7) is 2.88. The van der Waals surface area contributed by atoms with Crippen molar-refractivity contribution in [3.63, 3.8) is 0 Å². The Balaban J connectivity index is 1.52. The number of hydrogen-bond acceptors (Lipinski definition) is 4. The van der Waals surface area contributed by atoms with E-state index in [1.54, 1.807) is 16.5 Å². The predicted molar refractivity (Wildman–Crippen MR) is 108 cm³/mol. The lowest BCUT2D eigenvalue weighted by molar-refractivity contribution is -0.130. The third-order valence-corrected chi connectivity index (χ3v) is 5.49. The van der Waals surface area contributed by atoms with Crippen molar-refractivity contribution >= 4 is 28.8 Å². The van der Waals surface area contributed by atoms with Crippen LogP contribution >= 0.6 is 22.9 Å². The van der Waals surface area contributed by atoms with Crippen molar-refractivity contribution in [2.75, 3.05) is 7.05 Å². The summed E-state index contributed by atoms with van der Waals surface area (Å²) in [6, 6.07) is 11.2. The first-order chi connectivity index (χ1) is 12.9. The van der Waals surface area contributed by atoms with Crippen molar-refractivity contribution < 1.29 is 9.21 Å². The normalized spacial score (nSPS) is 10.9. The van der Waals surface area contributed by atoms with Gasteiger partial charge in [0, 0.05) is 41.7 Å². The number of hydrogen-bond donors (Lipinski definition) is 0. The maximum Gasteiger partial charge on any atom is 0.307 e. The lowest BCUT2D eigenvalue weighted by Gasteiger charge is -2.16. The van der Waals surface area contributed by atoms with Gasteiger partial charge in [-0.25, -0.2) is 0 Å². The van der Waals surface area contributed by atoms with Gasteiger partial charge in [0.25, 0.3) is 0 Å². The van der Waals surface area contributed by atoms with Gasteiger partial charge in [-0.1, -0.05) is 22.9 Å². The van der Waals surface area contributed by atoms with Gasteiger partial charge in [0.05, 0.1) is 6.54 Å². The fourth-order valence-electron chi connectivity index (χ4n) is 2.81. The van der Waals surface area contributed by atoms with Crippen LogP contribution in [-0.2, 0) is 17.9 Å². The Morgan fingerprint density at radius 1 is 1.22 bits per heavy atom. The third kappa shape index (κ3) is 4.90. The zero-order chi connectivity index (χ0) is 19.4. The van der Waals surface area contributed by atoms with Gasteiger partial charge in [-0.3, -0.25) is 9.59 Å². The highest BCUT2D eigenvalue weighted by Crippen LogP contribution is 2.24. The van der Waals surface area contributed by atoms with E-state index in [-0.39, 0.29) is 10.8 Å². The van der Waals surface area contributed by atoms with Gasteiger partial charge in [0.15, 0.2) is 0 Å². The minimum atomic E-state index is 0.0265. The molecule has 3 rings (SSSR count). The van der Waals surface area contributed by atoms with Gasteiger partial charge in [0.1, 0.15) is 11.5 Å². The molecule has 2 heterocycles. The van der Waals surface area contributed by atoms with Crippen molar-refractivity contribution in [1.29, 1.82) is 0 Å². The Hall–Kier alpha value is -2.31. The molecule has 0 N–H and O–H groups in total. The van der Waals surface area contributed by atoms with Gasteiger partial charge in [-0.2, -0.15) is 0 Å². The molecule has 1 amide bonds. The van der Waals surface area contributed by atoms with Gasteiger partial charge in [0.2, 0.25) is 5.91 Å². The first kappa shape index (κ1) is 19.5. The summed E-state index contributed by atoms with van der Waals surface area (Å²) in [5.41, 5.74) is 1.88. The summed E-state index contributed by atoms with van der Waals surface area (Å²) in [5.74, 6) is 1.50. The SMILES string of the molecule is Cc1csc(=O)n1CCCC(=O)N(C)Cc1ccc(-c2ccc(Cl)cc2)o1. The van der Waals surface area contributed by atoms with E-state index >= 15 is 0 Å². The van der Waals surface area contributed by atoms with Crippen LogP contribution in [0.3, 0.4) is 0 Å². The van der Waals surface area contributed by atoms with Crippen LogP contribution in [0.1, 0.15) is 24.3 Å². The maximum absolute atomic E-state index is 12.3. The van der Waals surface area contributed by atoms with Crippen molar-refractivity contribution in [2.45, 2.75) is 32.9 Å². The molecule has 3 aromatic rings. The number of carbonyl (C=O) groups excluding carboxylic acids is 1. The molecule has 5 nitrogen and oxygen atoms in total. The average Bonchev–Trinajstić information content (AvgIpc) is 3.23. The summed E-state index contributed by atoms with van der Waals surface area (Å²) in [5, 5.41) is 2.52. The number of halogens is 1. The van der Waals surface area contributed by atoms with E-state index in [9.17, 15) is 9.59 Å². The predicted octanol–water partition coefficient (Wildman–Crippen LogP) is 4.57. The summed E-state index contributed by atoms with van der Waals surface area (Å²) in [6.07, 6.45) is 1.03. The molecule has 0 saturated heterocycles. The Morgan fingerprint density at radius 3 is 2.63 bits per heavy atom. The molecule has 1 aromatic carbocycles. The molecule has 0 aliphatic heterocycles. The second-order valence-corrected chi connectivity index (χ2v) is 7.68. The lowest BCUT2D eigenvalue weighted by Crippen LogP contribution is -2.26. The standard InChI is InChI=1S/C20H21ClN2O3S/c1-14-13-27-20(25)23(14)11-3-4-19(24)22(2)12-17-9-10-18(26-17)15-5-7-16(21)8-6-15/h5-10,13H,3-4,11-12H2,1-2H3. The zero-order valence-electron chi connectivity index (χ0n) is 15.3. The van der Waals surface area contributed by atoms with Crippen molar-refractivity contribution in [1.82, 2.24) is 9.47 Å². The summed E-state index contributed by atoms with van der Waals surface area (Å²) in [7, 11) is 1.76. The van der Waals surface area contributed by atoms with Gasteiger partial charge >= 0.3 is 4.87 Å². The summed E-state index contributed by atoms with van der Waals surface area (Å²) >= 11 is 7.10. The molecule has 0 unspecified atom stereocenters. The summed E-state index contributed by atoms with van der Waals surface area (Å²) < 4.78 is 7.56. The molecular formula is C20H21ClN2O3S. The molecule has 0 bridgehead atoms. The number of thiazole rings is 1. The van der Waals surface area contributed by atoms with E-state index in [2.05, 4.69) is 0 Å². The summed E-state index contributed by atoms with van der Waals surface area (Å²) in [4.78, 5) is 25.7. The molecule has 0 radical (unpaired) electrons. The first-order valence-corrected chi connectivity index (χ1v) is 9.93. The van der Waals surface area contributed by atoms with E-state index in [1.807, 2.05) is 48.7 Å². The second-order valence-electron chi connectivity index (χ2n) is 6.42. The number of carbonyl (C=O) groups is 1. The largest absolute Gasteiger partial charge is 0.459 e. The van der Waals surface area contributed by atoms with Crippen molar-refractivity contribution in [2.24, 2.45) is 0 Å². The number of benzene rings is 1. The molecule has 0 aliphatic rings. The van der Waals surface area contributed by atoms with Crippen LogP contribution in [0.25, 0.3) is 11.3 Å². The van der Waals surface area contributed by atoms with Gasteiger partial charge < -0.3 is 13.9 Å². The van der Waals surface area contributed by atoms with Crippen LogP contribution in [-0.4, -0.2) is 22.4 Å². The molecule has 2 aromatic heterocycles. The minimum Gasteiger partial charge on any atom is -0.459 e. The van der Waals surface area contributed by atoms with Crippen LogP contribution < -0.4 is 4.87 Å². The van der Waals surface area contributed by atoms with E-state index in [4.69, 9.17) is 16.0 Å². The number of aryl methyl sites for hydroxylation is 1. The average molecular weight is 405 g/mol. The molecule has 0 aliphatic carbocycles. The molecular weight excluding hydrogens is 384 g/mol. The minimum absolute atomic E-state index is 0.0265. The Bertz CT molecular complexity index is 972. The number of amides is 1. The van der Waals surface area contributed by atoms with Gasteiger partial charge in [-0.05, 0) is 49.7 Å². The van der Waals surface area contributed by atoms with Crippen LogP contribution in [0, 0.1) is 6.92 Å².